The molecular weight excluding hydrogens is 466 g/mol. The fraction of sp³-hybridized carbons (Fsp3) is 0.103. The number of carboxylic acids is 1. The molecule has 0 atom stereocenters. The third-order valence-electron chi connectivity index (χ3n) is 6.58. The van der Waals surface area contributed by atoms with E-state index in [0.29, 0.717) is 34.4 Å². The SMILES string of the molecule is Cc1ccccc1-n1nc2c3c(CC(=O)O)cccc3n(Cc3ccc(-n4cccn4)cc3)cc-2c1=O. The normalized spacial score (nSPS) is 11.4. The fourth-order valence-electron chi connectivity index (χ4n) is 4.82. The minimum absolute atomic E-state index is 0.166. The number of aromatic nitrogens is 5. The second-order valence-corrected chi connectivity index (χ2v) is 9.02. The molecule has 2 aliphatic heterocycles. The molecule has 0 bridgehead atoms. The molecule has 0 unspecified atom stereocenters. The van der Waals surface area contributed by atoms with Crippen molar-refractivity contribution in [2.45, 2.75) is 19.9 Å². The average Bonchev–Trinajstić information content (AvgIpc) is 3.54. The molecule has 2 aliphatic rings. The maximum absolute atomic E-state index is 13.6. The Kier molecular flexibility index (Phi) is 5.41. The van der Waals surface area contributed by atoms with Crippen LogP contribution in [0.2, 0.25) is 0 Å². The summed E-state index contributed by atoms with van der Waals surface area (Å²) in [6.45, 7) is 2.43. The molecule has 0 saturated carbocycles. The van der Waals surface area contributed by atoms with Gasteiger partial charge in [-0.2, -0.15) is 14.9 Å². The Hall–Kier alpha value is -4.98. The smallest absolute Gasteiger partial charge is 0.307 e. The maximum Gasteiger partial charge on any atom is 0.307 e. The number of aliphatic carboxylic acids is 1. The van der Waals surface area contributed by atoms with Crippen LogP contribution in [0, 0.1) is 6.92 Å². The molecule has 1 N–H and O–H groups in total. The number of carbonyl (C=O) groups is 1. The van der Waals surface area contributed by atoms with Crippen LogP contribution in [0.4, 0.5) is 0 Å². The number of pyridine rings is 1. The van der Waals surface area contributed by atoms with Crippen LogP contribution in [-0.4, -0.2) is 35.2 Å². The van der Waals surface area contributed by atoms with E-state index in [1.807, 2.05) is 90.6 Å². The largest absolute Gasteiger partial charge is 0.481 e. The number of hydrogen-bond donors (Lipinski definition) is 1. The van der Waals surface area contributed by atoms with Crippen molar-refractivity contribution in [2.24, 2.45) is 0 Å². The molecule has 4 aromatic rings. The van der Waals surface area contributed by atoms with E-state index in [1.54, 1.807) is 16.9 Å². The van der Waals surface area contributed by atoms with Gasteiger partial charge in [-0.15, -0.1) is 0 Å². The van der Waals surface area contributed by atoms with Crippen LogP contribution >= 0.6 is 0 Å². The molecule has 1 aromatic heterocycles. The first-order valence-electron chi connectivity index (χ1n) is 11.9. The van der Waals surface area contributed by atoms with E-state index in [-0.39, 0.29) is 12.0 Å². The number of nitrogens with zero attached hydrogens (tertiary/aromatic N) is 5. The zero-order chi connectivity index (χ0) is 25.5. The van der Waals surface area contributed by atoms with Crippen molar-refractivity contribution in [1.82, 2.24) is 24.1 Å². The van der Waals surface area contributed by atoms with Gasteiger partial charge in [0.15, 0.2) is 0 Å². The molecule has 8 heteroatoms. The summed E-state index contributed by atoms with van der Waals surface area (Å²) in [7, 11) is 0. The molecule has 0 saturated heterocycles. The number of hydrogen-bond acceptors (Lipinski definition) is 4. The zero-order valence-electron chi connectivity index (χ0n) is 20.1. The van der Waals surface area contributed by atoms with E-state index in [2.05, 4.69) is 5.10 Å². The van der Waals surface area contributed by atoms with Crippen LogP contribution in [0.1, 0.15) is 16.7 Å². The number of fused-ring (bicyclic) bond motifs is 3. The first kappa shape index (κ1) is 22.5. The molecule has 0 spiro atoms. The minimum Gasteiger partial charge on any atom is -0.481 e. The lowest BCUT2D eigenvalue weighted by molar-refractivity contribution is -0.136. The Bertz CT molecular complexity index is 1780. The van der Waals surface area contributed by atoms with Gasteiger partial charge >= 0.3 is 5.97 Å². The lowest BCUT2D eigenvalue weighted by Crippen LogP contribution is -2.16. The van der Waals surface area contributed by atoms with Crippen molar-refractivity contribution >= 4 is 16.9 Å². The summed E-state index contributed by atoms with van der Waals surface area (Å²) in [5.41, 5.74) is 5.75. The van der Waals surface area contributed by atoms with E-state index in [1.165, 1.54) is 4.68 Å². The van der Waals surface area contributed by atoms with Crippen LogP contribution in [0.3, 0.4) is 0 Å². The Balaban J connectivity index is 1.54. The molecule has 0 radical (unpaired) electrons. The Labute approximate surface area is 212 Å². The monoisotopic (exact) mass is 489 g/mol. The Morgan fingerprint density at radius 3 is 2.51 bits per heavy atom. The topological polar surface area (TPSA) is 94.9 Å². The first-order valence-corrected chi connectivity index (χ1v) is 11.9. The van der Waals surface area contributed by atoms with Crippen LogP contribution in [0.5, 0.6) is 0 Å². The van der Waals surface area contributed by atoms with Crippen LogP contribution < -0.4 is 5.56 Å². The van der Waals surface area contributed by atoms with Crippen molar-refractivity contribution in [3.63, 3.8) is 0 Å². The number of aryl methyl sites for hydroxylation is 1. The van der Waals surface area contributed by atoms with E-state index < -0.39 is 5.97 Å². The van der Waals surface area contributed by atoms with Gasteiger partial charge < -0.3 is 9.67 Å². The molecule has 0 amide bonds. The van der Waals surface area contributed by atoms with Gasteiger partial charge in [0.1, 0.15) is 5.69 Å². The van der Waals surface area contributed by atoms with Crippen LogP contribution in [-0.2, 0) is 17.8 Å². The van der Waals surface area contributed by atoms with Crippen molar-refractivity contribution < 1.29 is 9.90 Å². The second-order valence-electron chi connectivity index (χ2n) is 9.02. The third kappa shape index (κ3) is 3.98. The highest BCUT2D eigenvalue weighted by Gasteiger charge is 2.24. The summed E-state index contributed by atoms with van der Waals surface area (Å²) < 4.78 is 5.21. The quantitative estimate of drug-likeness (QED) is 0.373. The molecule has 6 rings (SSSR count). The van der Waals surface area contributed by atoms with Gasteiger partial charge in [0, 0.05) is 30.5 Å². The summed E-state index contributed by atoms with van der Waals surface area (Å²) in [6, 6.07) is 23.1. The summed E-state index contributed by atoms with van der Waals surface area (Å²) in [5.74, 6) is -0.939. The Morgan fingerprint density at radius 2 is 1.78 bits per heavy atom. The number of rotatable bonds is 6. The predicted octanol–water partition coefficient (Wildman–Crippen LogP) is 4.46. The summed E-state index contributed by atoms with van der Waals surface area (Å²) in [6.07, 6.45) is 5.28. The number of para-hydroxylation sites is 1. The van der Waals surface area contributed by atoms with Gasteiger partial charge in [-0.05, 0) is 53.9 Å². The van der Waals surface area contributed by atoms with E-state index >= 15 is 0 Å². The average molecular weight is 490 g/mol. The summed E-state index contributed by atoms with van der Waals surface area (Å²) >= 11 is 0. The molecule has 3 heterocycles. The highest BCUT2D eigenvalue weighted by atomic mass is 16.4. The summed E-state index contributed by atoms with van der Waals surface area (Å²) in [5, 5.41) is 19.2. The van der Waals surface area contributed by atoms with Gasteiger partial charge in [0.25, 0.3) is 5.56 Å². The minimum atomic E-state index is -0.939. The standard InChI is InChI=1S/C29H23N5O3/c1-19-6-2-3-8-24(19)34-29(37)23-18-32(17-20-10-12-22(13-11-20)33-15-5-14-30-33)25-9-4-7-21(16-26(35)36)27(25)28(23)31-34/h2-15,18H,16-17H2,1H3,(H,35,36). The third-order valence-corrected chi connectivity index (χ3v) is 6.58. The van der Waals surface area contributed by atoms with Crippen molar-refractivity contribution in [3.8, 4) is 22.6 Å². The van der Waals surface area contributed by atoms with Crippen LogP contribution in [0.25, 0.3) is 33.5 Å². The van der Waals surface area contributed by atoms with E-state index in [9.17, 15) is 14.7 Å². The molecule has 0 fully saturated rings. The highest BCUT2D eigenvalue weighted by molar-refractivity contribution is 5.98. The van der Waals surface area contributed by atoms with E-state index in [0.717, 1.165) is 22.3 Å². The molecule has 8 nitrogen and oxygen atoms in total. The predicted molar refractivity (Wildman–Crippen MR) is 141 cm³/mol. The molecule has 37 heavy (non-hydrogen) atoms. The molecule has 182 valence electrons. The van der Waals surface area contributed by atoms with Gasteiger partial charge in [0.05, 0.1) is 28.9 Å². The molecule has 3 aromatic carbocycles. The van der Waals surface area contributed by atoms with Crippen molar-refractivity contribution in [1.29, 1.82) is 0 Å². The lowest BCUT2D eigenvalue weighted by Gasteiger charge is -2.16. The number of carboxylic acid groups (broad SMARTS) is 1. The fourth-order valence-corrected chi connectivity index (χ4v) is 4.82. The number of benzene rings is 3. The second kappa shape index (κ2) is 8.91. The van der Waals surface area contributed by atoms with Crippen molar-refractivity contribution in [3.05, 3.63) is 118 Å². The first-order chi connectivity index (χ1) is 18.0. The van der Waals surface area contributed by atoms with Crippen molar-refractivity contribution in [2.75, 3.05) is 0 Å². The van der Waals surface area contributed by atoms with E-state index in [4.69, 9.17) is 5.10 Å². The van der Waals surface area contributed by atoms with Crippen LogP contribution in [0.15, 0.2) is 96.2 Å². The zero-order valence-corrected chi connectivity index (χ0v) is 20.1. The van der Waals surface area contributed by atoms with Gasteiger partial charge in [-0.3, -0.25) is 9.59 Å². The highest BCUT2D eigenvalue weighted by Crippen LogP contribution is 2.32. The lowest BCUT2D eigenvalue weighted by atomic mass is 10.00. The maximum atomic E-state index is 13.6. The van der Waals surface area contributed by atoms with Gasteiger partial charge in [-0.1, -0.05) is 42.5 Å². The Morgan fingerprint density at radius 1 is 0.973 bits per heavy atom. The molecule has 0 aliphatic carbocycles. The summed E-state index contributed by atoms with van der Waals surface area (Å²) in [4.78, 5) is 25.3. The van der Waals surface area contributed by atoms with Gasteiger partial charge in [0.2, 0.25) is 0 Å². The van der Waals surface area contributed by atoms with Gasteiger partial charge in [-0.25, -0.2) is 4.68 Å². The molecular formula is C29H23N5O3.